The first kappa shape index (κ1) is 11.1. The Morgan fingerprint density at radius 2 is 2.29 bits per heavy atom. The van der Waals surface area contributed by atoms with Crippen LogP contribution < -0.4 is 10.5 Å². The van der Waals surface area contributed by atoms with E-state index in [4.69, 9.17) is 10.5 Å². The standard InChI is InChI=1S/C12H12N2OS2/c13-5-8-6-17-12(14-8)10-7-16-11-4-2-1-3-9(11)15-10/h1-4,6,10H,5,7,13H2. The predicted octanol–water partition coefficient (Wildman–Crippen LogP) is 2.83. The van der Waals surface area contributed by atoms with Gasteiger partial charge in [-0.2, -0.15) is 0 Å². The summed E-state index contributed by atoms with van der Waals surface area (Å²) >= 11 is 3.44. The first-order valence-electron chi connectivity index (χ1n) is 5.39. The molecule has 1 aromatic heterocycles. The first-order chi connectivity index (χ1) is 8.36. The minimum atomic E-state index is 0.0557. The Hall–Kier alpha value is -1.04. The number of hydrogen-bond donors (Lipinski definition) is 1. The molecule has 0 saturated carbocycles. The zero-order chi connectivity index (χ0) is 11.7. The zero-order valence-corrected chi connectivity index (χ0v) is 10.8. The largest absolute Gasteiger partial charge is 0.481 e. The maximum atomic E-state index is 5.96. The van der Waals surface area contributed by atoms with Gasteiger partial charge < -0.3 is 10.5 Å². The van der Waals surface area contributed by atoms with Crippen molar-refractivity contribution in [3.05, 3.63) is 40.3 Å². The molecule has 0 radical (unpaired) electrons. The van der Waals surface area contributed by atoms with Crippen molar-refractivity contribution in [3.8, 4) is 5.75 Å². The second kappa shape index (κ2) is 4.68. The molecule has 0 saturated heterocycles. The molecular formula is C12H12N2OS2. The fourth-order valence-electron chi connectivity index (χ4n) is 1.71. The highest BCUT2D eigenvalue weighted by Gasteiger charge is 2.23. The maximum Gasteiger partial charge on any atom is 0.159 e. The summed E-state index contributed by atoms with van der Waals surface area (Å²) < 4.78 is 5.96. The zero-order valence-electron chi connectivity index (χ0n) is 9.13. The fourth-order valence-corrected chi connectivity index (χ4v) is 3.66. The SMILES string of the molecule is NCc1csc(C2CSc3ccccc3O2)n1. The molecule has 2 N–H and O–H groups in total. The summed E-state index contributed by atoms with van der Waals surface area (Å²) in [6.07, 6.45) is 0.0557. The van der Waals surface area contributed by atoms with Crippen molar-refractivity contribution in [2.75, 3.05) is 5.75 Å². The monoisotopic (exact) mass is 264 g/mol. The highest BCUT2D eigenvalue weighted by atomic mass is 32.2. The molecule has 0 fully saturated rings. The summed E-state index contributed by atoms with van der Waals surface area (Å²) in [7, 11) is 0. The summed E-state index contributed by atoms with van der Waals surface area (Å²) in [6.45, 7) is 0.493. The van der Waals surface area contributed by atoms with Crippen molar-refractivity contribution in [3.63, 3.8) is 0 Å². The molecule has 1 atom stereocenters. The number of benzene rings is 1. The van der Waals surface area contributed by atoms with Gasteiger partial charge in [0.1, 0.15) is 10.8 Å². The Kier molecular flexibility index (Phi) is 3.05. The molecule has 1 aliphatic rings. The van der Waals surface area contributed by atoms with Crippen LogP contribution in [0.2, 0.25) is 0 Å². The second-order valence-electron chi connectivity index (χ2n) is 3.75. The number of thioether (sulfide) groups is 1. The van der Waals surface area contributed by atoms with Crippen molar-refractivity contribution < 1.29 is 4.74 Å². The van der Waals surface area contributed by atoms with Crippen molar-refractivity contribution in [2.24, 2.45) is 5.73 Å². The lowest BCUT2D eigenvalue weighted by molar-refractivity contribution is 0.219. The van der Waals surface area contributed by atoms with Crippen LogP contribution in [0.1, 0.15) is 16.8 Å². The summed E-state index contributed by atoms with van der Waals surface area (Å²) in [5.41, 5.74) is 6.51. The molecule has 5 heteroatoms. The van der Waals surface area contributed by atoms with Gasteiger partial charge in [-0.05, 0) is 12.1 Å². The molecule has 2 heterocycles. The quantitative estimate of drug-likeness (QED) is 0.906. The van der Waals surface area contributed by atoms with Crippen LogP contribution in [0.3, 0.4) is 0 Å². The number of rotatable bonds is 2. The highest BCUT2D eigenvalue weighted by Crippen LogP contribution is 2.40. The minimum Gasteiger partial charge on any atom is -0.481 e. The maximum absolute atomic E-state index is 5.96. The van der Waals surface area contributed by atoms with E-state index in [0.29, 0.717) is 6.54 Å². The molecule has 2 aromatic rings. The van der Waals surface area contributed by atoms with E-state index in [-0.39, 0.29) is 6.10 Å². The van der Waals surface area contributed by atoms with Crippen LogP contribution in [-0.2, 0) is 6.54 Å². The van der Waals surface area contributed by atoms with Crippen LogP contribution in [0.25, 0.3) is 0 Å². The lowest BCUT2D eigenvalue weighted by atomic mass is 10.3. The number of ether oxygens (including phenoxy) is 1. The summed E-state index contributed by atoms with van der Waals surface area (Å²) in [6, 6.07) is 8.12. The third-order valence-electron chi connectivity index (χ3n) is 2.56. The van der Waals surface area contributed by atoms with Gasteiger partial charge in [-0.15, -0.1) is 23.1 Å². The molecule has 0 bridgehead atoms. The van der Waals surface area contributed by atoms with E-state index in [1.165, 1.54) is 4.90 Å². The van der Waals surface area contributed by atoms with Crippen LogP contribution in [-0.4, -0.2) is 10.7 Å². The van der Waals surface area contributed by atoms with Crippen molar-refractivity contribution in [2.45, 2.75) is 17.5 Å². The van der Waals surface area contributed by atoms with E-state index in [0.717, 1.165) is 22.2 Å². The first-order valence-corrected chi connectivity index (χ1v) is 7.26. The average Bonchev–Trinajstić information content (AvgIpc) is 2.87. The summed E-state index contributed by atoms with van der Waals surface area (Å²) in [4.78, 5) is 5.69. The van der Waals surface area contributed by atoms with Gasteiger partial charge >= 0.3 is 0 Å². The number of para-hydroxylation sites is 1. The number of nitrogens with two attached hydrogens (primary N) is 1. The number of nitrogens with zero attached hydrogens (tertiary/aromatic N) is 1. The molecule has 88 valence electrons. The van der Waals surface area contributed by atoms with Gasteiger partial charge in [-0.25, -0.2) is 4.98 Å². The summed E-state index contributed by atoms with van der Waals surface area (Å²) in [5, 5.41) is 3.02. The Labute approximate surface area is 108 Å². The Morgan fingerprint density at radius 1 is 1.41 bits per heavy atom. The van der Waals surface area contributed by atoms with E-state index < -0.39 is 0 Å². The van der Waals surface area contributed by atoms with Crippen LogP contribution in [0.5, 0.6) is 5.75 Å². The van der Waals surface area contributed by atoms with Gasteiger partial charge in [-0.3, -0.25) is 0 Å². The third-order valence-corrected chi connectivity index (χ3v) is 4.67. The van der Waals surface area contributed by atoms with Crippen LogP contribution >= 0.6 is 23.1 Å². The third kappa shape index (κ3) is 2.18. The van der Waals surface area contributed by atoms with Gasteiger partial charge in [0.25, 0.3) is 0 Å². The van der Waals surface area contributed by atoms with Crippen LogP contribution in [0.15, 0.2) is 34.5 Å². The Balaban J connectivity index is 1.84. The molecule has 1 aromatic carbocycles. The lowest BCUT2D eigenvalue weighted by Crippen LogP contribution is -2.14. The molecule has 0 aliphatic carbocycles. The van der Waals surface area contributed by atoms with E-state index >= 15 is 0 Å². The molecule has 1 unspecified atom stereocenters. The van der Waals surface area contributed by atoms with Crippen molar-refractivity contribution in [1.82, 2.24) is 4.98 Å². The van der Waals surface area contributed by atoms with Gasteiger partial charge in [0.2, 0.25) is 0 Å². The van der Waals surface area contributed by atoms with Gasteiger partial charge in [0, 0.05) is 22.6 Å². The number of thiazole rings is 1. The molecule has 17 heavy (non-hydrogen) atoms. The molecule has 0 amide bonds. The van der Waals surface area contributed by atoms with Crippen molar-refractivity contribution in [1.29, 1.82) is 0 Å². The number of fused-ring (bicyclic) bond motifs is 1. The summed E-state index contributed by atoms with van der Waals surface area (Å²) in [5.74, 6) is 1.87. The highest BCUT2D eigenvalue weighted by molar-refractivity contribution is 7.99. The van der Waals surface area contributed by atoms with E-state index in [9.17, 15) is 0 Å². The predicted molar refractivity (Wildman–Crippen MR) is 70.5 cm³/mol. The topological polar surface area (TPSA) is 48.1 Å². The Bertz CT molecular complexity index is 527. The number of hydrogen-bond acceptors (Lipinski definition) is 5. The molecule has 0 spiro atoms. The second-order valence-corrected chi connectivity index (χ2v) is 5.70. The average molecular weight is 264 g/mol. The Morgan fingerprint density at radius 3 is 3.12 bits per heavy atom. The molecule has 3 rings (SSSR count). The van der Waals surface area contributed by atoms with Crippen molar-refractivity contribution >= 4 is 23.1 Å². The molecule has 3 nitrogen and oxygen atoms in total. The van der Waals surface area contributed by atoms with Gasteiger partial charge in [0.05, 0.1) is 5.69 Å². The van der Waals surface area contributed by atoms with Gasteiger partial charge in [-0.1, -0.05) is 12.1 Å². The van der Waals surface area contributed by atoms with E-state index in [1.807, 2.05) is 35.3 Å². The van der Waals surface area contributed by atoms with Gasteiger partial charge in [0.15, 0.2) is 6.10 Å². The van der Waals surface area contributed by atoms with Crippen LogP contribution in [0.4, 0.5) is 0 Å². The normalized spacial score (nSPS) is 18.5. The van der Waals surface area contributed by atoms with E-state index in [1.54, 1.807) is 11.3 Å². The number of aromatic nitrogens is 1. The van der Waals surface area contributed by atoms with E-state index in [2.05, 4.69) is 11.1 Å². The molecule has 1 aliphatic heterocycles. The molecular weight excluding hydrogens is 252 g/mol. The fraction of sp³-hybridized carbons (Fsp3) is 0.250. The lowest BCUT2D eigenvalue weighted by Gasteiger charge is -2.23. The van der Waals surface area contributed by atoms with Crippen LogP contribution in [0, 0.1) is 0 Å². The minimum absolute atomic E-state index is 0.0557. The smallest absolute Gasteiger partial charge is 0.159 e.